The van der Waals surface area contributed by atoms with Crippen molar-refractivity contribution in [3.8, 4) is 5.75 Å². The van der Waals surface area contributed by atoms with E-state index >= 15 is 0 Å². The van der Waals surface area contributed by atoms with Gasteiger partial charge in [-0.25, -0.2) is 4.79 Å². The van der Waals surface area contributed by atoms with Crippen molar-refractivity contribution >= 4 is 35.5 Å². The molecule has 1 heterocycles. The molecule has 52 heavy (non-hydrogen) atoms. The van der Waals surface area contributed by atoms with Gasteiger partial charge in [-0.2, -0.15) is 0 Å². The highest BCUT2D eigenvalue weighted by Crippen LogP contribution is 2.22. The van der Waals surface area contributed by atoms with Crippen LogP contribution in [-0.4, -0.2) is 100 Å². The summed E-state index contributed by atoms with van der Waals surface area (Å²) in [5, 5.41) is 30.3. The fraction of sp³-hybridized carbons (Fsp3) is 0.514. The largest absolute Gasteiger partial charge is 0.508 e. The monoisotopic (exact) mass is 723 g/mol. The van der Waals surface area contributed by atoms with Crippen molar-refractivity contribution in [2.75, 3.05) is 19.6 Å². The Bertz CT molecular complexity index is 1510. The normalized spacial score (nSPS) is 16.8. The van der Waals surface area contributed by atoms with Crippen LogP contribution in [0.5, 0.6) is 5.75 Å². The number of aliphatic carboxylic acids is 1. The standard InChI is InChI=1S/C37H53N7O8/c1-3-23(2)32(35(49)41-27(12-7-8-18-38)33(47)42-29(37(51)52)21-24-10-5-4-6-11-24)43-34(48)30-13-9-19-44(30)36(50)28(40-31(46)22-39)20-25-14-16-26(45)17-15-25/h4-6,10-11,14-17,23,27-30,32,45H,3,7-9,12-13,18-22,38-39H2,1-2H3,(H,40,46)(H,41,49)(H,42,47)(H,43,48)(H,51,52)/t23-,27-,28-,29-,30-,32-/m0/s1. The number of hydrogen-bond donors (Lipinski definition) is 8. The van der Waals surface area contributed by atoms with Crippen LogP contribution in [0.2, 0.25) is 0 Å². The smallest absolute Gasteiger partial charge is 0.326 e. The number of aromatic hydroxyl groups is 1. The quantitative estimate of drug-likeness (QED) is 0.0870. The first-order chi connectivity index (χ1) is 24.9. The van der Waals surface area contributed by atoms with Gasteiger partial charge < -0.3 is 47.8 Å². The number of nitrogens with two attached hydrogens (primary N) is 2. The molecule has 10 N–H and O–H groups in total. The first-order valence-electron chi connectivity index (χ1n) is 17.8. The molecule has 1 fully saturated rings. The number of phenolic OH excluding ortho intramolecular Hbond substituents is 1. The molecular weight excluding hydrogens is 670 g/mol. The molecule has 0 saturated carbocycles. The number of nitrogens with zero attached hydrogens (tertiary/aromatic N) is 1. The number of amides is 5. The second-order valence-electron chi connectivity index (χ2n) is 13.2. The molecule has 2 aromatic carbocycles. The van der Waals surface area contributed by atoms with Crippen LogP contribution in [0.1, 0.15) is 63.5 Å². The van der Waals surface area contributed by atoms with Gasteiger partial charge in [-0.1, -0.05) is 62.7 Å². The molecule has 0 bridgehead atoms. The van der Waals surface area contributed by atoms with Gasteiger partial charge in [0.25, 0.3) is 0 Å². The lowest BCUT2D eigenvalue weighted by Gasteiger charge is -2.31. The number of carbonyl (C=O) groups excluding carboxylic acids is 5. The van der Waals surface area contributed by atoms with E-state index in [2.05, 4.69) is 21.3 Å². The molecule has 1 aliphatic rings. The highest BCUT2D eigenvalue weighted by Gasteiger charge is 2.40. The summed E-state index contributed by atoms with van der Waals surface area (Å²) in [6, 6.07) is 9.66. The highest BCUT2D eigenvalue weighted by molar-refractivity contribution is 5.96. The summed E-state index contributed by atoms with van der Waals surface area (Å²) < 4.78 is 0. The van der Waals surface area contributed by atoms with Crippen molar-refractivity contribution in [1.29, 1.82) is 0 Å². The van der Waals surface area contributed by atoms with Crippen LogP contribution in [0.3, 0.4) is 0 Å². The minimum Gasteiger partial charge on any atom is -0.508 e. The van der Waals surface area contributed by atoms with Crippen molar-refractivity contribution in [2.45, 2.75) is 95.4 Å². The highest BCUT2D eigenvalue weighted by atomic mass is 16.4. The second kappa shape index (κ2) is 20.7. The molecule has 0 unspecified atom stereocenters. The minimum atomic E-state index is -1.24. The fourth-order valence-electron chi connectivity index (χ4n) is 6.12. The van der Waals surface area contributed by atoms with Gasteiger partial charge >= 0.3 is 5.97 Å². The van der Waals surface area contributed by atoms with Crippen molar-refractivity contribution < 1.29 is 39.0 Å². The van der Waals surface area contributed by atoms with E-state index in [4.69, 9.17) is 11.5 Å². The van der Waals surface area contributed by atoms with E-state index < -0.39 is 65.7 Å². The Morgan fingerprint density at radius 2 is 1.46 bits per heavy atom. The van der Waals surface area contributed by atoms with Gasteiger partial charge in [0, 0.05) is 19.4 Å². The summed E-state index contributed by atoms with van der Waals surface area (Å²) in [7, 11) is 0. The number of carboxylic acids is 1. The Morgan fingerprint density at radius 3 is 2.08 bits per heavy atom. The van der Waals surface area contributed by atoms with Crippen LogP contribution >= 0.6 is 0 Å². The topological polar surface area (TPSA) is 246 Å². The zero-order valence-corrected chi connectivity index (χ0v) is 29.9. The number of carbonyl (C=O) groups is 6. The lowest BCUT2D eigenvalue weighted by Crippen LogP contribution is -2.60. The van der Waals surface area contributed by atoms with Gasteiger partial charge in [-0.3, -0.25) is 24.0 Å². The Hall–Kier alpha value is -5.02. The Kier molecular flexibility index (Phi) is 16.5. The van der Waals surface area contributed by atoms with Crippen molar-refractivity contribution in [2.24, 2.45) is 17.4 Å². The summed E-state index contributed by atoms with van der Waals surface area (Å²) in [6.07, 6.45) is 2.71. The van der Waals surface area contributed by atoms with Gasteiger partial charge in [0.2, 0.25) is 29.5 Å². The van der Waals surface area contributed by atoms with E-state index in [0.717, 1.165) is 0 Å². The van der Waals surface area contributed by atoms with Gasteiger partial charge in [0.1, 0.15) is 36.0 Å². The zero-order chi connectivity index (χ0) is 38.2. The lowest BCUT2D eigenvalue weighted by molar-refractivity contribution is -0.143. The lowest BCUT2D eigenvalue weighted by atomic mass is 9.96. The molecule has 15 heteroatoms. The molecular formula is C37H53N7O8. The van der Waals surface area contributed by atoms with Gasteiger partial charge in [0.05, 0.1) is 6.54 Å². The molecule has 0 aliphatic carbocycles. The first kappa shape index (κ1) is 41.4. The molecule has 2 aromatic rings. The van der Waals surface area contributed by atoms with Gasteiger partial charge in [-0.05, 0) is 67.8 Å². The molecule has 3 rings (SSSR count). The van der Waals surface area contributed by atoms with Crippen molar-refractivity contribution in [3.05, 3.63) is 65.7 Å². The zero-order valence-electron chi connectivity index (χ0n) is 29.9. The number of unbranched alkanes of at least 4 members (excludes halogenated alkanes) is 1. The minimum absolute atomic E-state index is 0.0409. The molecule has 0 aromatic heterocycles. The molecule has 1 aliphatic heterocycles. The summed E-state index contributed by atoms with van der Waals surface area (Å²) in [5.41, 5.74) is 12.6. The first-order valence-corrected chi connectivity index (χ1v) is 17.8. The maximum atomic E-state index is 13.9. The number of carboxylic acid groups (broad SMARTS) is 1. The molecule has 0 spiro atoms. The predicted molar refractivity (Wildman–Crippen MR) is 193 cm³/mol. The maximum Gasteiger partial charge on any atom is 0.326 e. The number of nitrogens with one attached hydrogen (secondary N) is 4. The summed E-state index contributed by atoms with van der Waals surface area (Å²) >= 11 is 0. The molecule has 6 atom stereocenters. The second-order valence-corrected chi connectivity index (χ2v) is 13.2. The Balaban J connectivity index is 1.77. The number of phenols is 1. The van der Waals surface area contributed by atoms with Crippen LogP contribution < -0.4 is 32.7 Å². The summed E-state index contributed by atoms with van der Waals surface area (Å²) in [6.45, 7) is 3.90. The predicted octanol–water partition coefficient (Wildman–Crippen LogP) is 0.326. The fourth-order valence-corrected chi connectivity index (χ4v) is 6.12. The van der Waals surface area contributed by atoms with Gasteiger partial charge in [0.15, 0.2) is 0 Å². The maximum absolute atomic E-state index is 13.9. The summed E-state index contributed by atoms with van der Waals surface area (Å²) in [5.74, 6) is -4.45. The molecule has 15 nitrogen and oxygen atoms in total. The van der Waals surface area contributed by atoms with E-state index in [9.17, 15) is 39.0 Å². The third kappa shape index (κ3) is 12.3. The van der Waals surface area contributed by atoms with Crippen LogP contribution in [0, 0.1) is 5.92 Å². The van der Waals surface area contributed by atoms with Crippen molar-refractivity contribution in [1.82, 2.24) is 26.2 Å². The van der Waals surface area contributed by atoms with Crippen molar-refractivity contribution in [3.63, 3.8) is 0 Å². The van der Waals surface area contributed by atoms with Crippen LogP contribution in [0.4, 0.5) is 0 Å². The average molecular weight is 724 g/mol. The third-order valence-corrected chi connectivity index (χ3v) is 9.30. The van der Waals surface area contributed by atoms with Crippen LogP contribution in [0.15, 0.2) is 54.6 Å². The number of likely N-dealkylation sites (tertiary alicyclic amines) is 1. The van der Waals surface area contributed by atoms with Crippen LogP contribution in [-0.2, 0) is 41.6 Å². The van der Waals surface area contributed by atoms with E-state index in [-0.39, 0.29) is 44.0 Å². The number of rotatable bonds is 20. The average Bonchev–Trinajstić information content (AvgIpc) is 3.63. The molecule has 0 radical (unpaired) electrons. The molecule has 5 amide bonds. The number of hydrogen-bond acceptors (Lipinski definition) is 9. The van der Waals surface area contributed by atoms with E-state index in [0.29, 0.717) is 49.8 Å². The molecule has 1 saturated heterocycles. The Morgan fingerprint density at radius 1 is 0.827 bits per heavy atom. The SMILES string of the molecule is CC[C@H](C)[C@H](NC(=O)[C@@H]1CCCN1C(=O)[C@H](Cc1ccc(O)cc1)NC(=O)CN)C(=O)N[C@@H](CCCCN)C(=O)N[C@@H](Cc1ccccc1)C(=O)O. The van der Waals surface area contributed by atoms with Gasteiger partial charge in [-0.15, -0.1) is 0 Å². The van der Waals surface area contributed by atoms with E-state index in [1.54, 1.807) is 49.4 Å². The number of benzene rings is 2. The van der Waals surface area contributed by atoms with E-state index in [1.807, 2.05) is 6.92 Å². The van der Waals surface area contributed by atoms with Crippen LogP contribution in [0.25, 0.3) is 0 Å². The summed E-state index contributed by atoms with van der Waals surface area (Å²) in [4.78, 5) is 80.8. The van der Waals surface area contributed by atoms with E-state index in [1.165, 1.54) is 17.0 Å². The third-order valence-electron chi connectivity index (χ3n) is 9.30. The molecule has 284 valence electrons. The Labute approximate surface area is 304 Å².